The highest BCUT2D eigenvalue weighted by molar-refractivity contribution is 6.31. The van der Waals surface area contributed by atoms with Gasteiger partial charge in [0.25, 0.3) is 0 Å². The molecule has 0 spiro atoms. The molecule has 1 fully saturated rings. The number of ether oxygens (including phenoxy) is 1. The molecule has 1 unspecified atom stereocenters. The van der Waals surface area contributed by atoms with Crippen molar-refractivity contribution in [3.63, 3.8) is 0 Å². The molecular weight excluding hydrogens is 232 g/mol. The molecule has 0 aromatic heterocycles. The summed E-state index contributed by atoms with van der Waals surface area (Å²) in [4.78, 5) is 24.5. The Balaban J connectivity index is 2.51. The second-order valence-corrected chi connectivity index (χ2v) is 5.09. The number of rotatable bonds is 1. The number of imide groups is 1. The topological polar surface area (TPSA) is 58.6 Å². The molecule has 1 N–H and O–H groups in total. The molecule has 0 radical (unpaired) electrons. The standard InChI is InChI=1S/C10H17ClN2O3/c1-7(11)8(14)12-9(15)13-4-5-16-10(2,3)6-13/h7H,4-6H2,1-3H3,(H,12,14,15). The molecule has 1 aliphatic rings. The maximum absolute atomic E-state index is 11.7. The van der Waals surface area contributed by atoms with Crippen molar-refractivity contribution in [3.8, 4) is 0 Å². The highest BCUT2D eigenvalue weighted by atomic mass is 35.5. The first-order valence-corrected chi connectivity index (χ1v) is 5.63. The minimum absolute atomic E-state index is 0.370. The van der Waals surface area contributed by atoms with Gasteiger partial charge in [-0.1, -0.05) is 0 Å². The predicted molar refractivity (Wildman–Crippen MR) is 60.5 cm³/mol. The van der Waals surface area contributed by atoms with Gasteiger partial charge >= 0.3 is 6.03 Å². The van der Waals surface area contributed by atoms with Gasteiger partial charge in [0.15, 0.2) is 0 Å². The second-order valence-electron chi connectivity index (χ2n) is 4.44. The van der Waals surface area contributed by atoms with Crippen molar-refractivity contribution in [1.29, 1.82) is 0 Å². The molecule has 3 amide bonds. The number of hydrogen-bond acceptors (Lipinski definition) is 3. The van der Waals surface area contributed by atoms with Crippen LogP contribution in [0.1, 0.15) is 20.8 Å². The van der Waals surface area contributed by atoms with Gasteiger partial charge in [0.05, 0.1) is 18.8 Å². The van der Waals surface area contributed by atoms with Gasteiger partial charge in [-0.2, -0.15) is 0 Å². The first kappa shape index (κ1) is 13.3. The molecule has 1 atom stereocenters. The zero-order valence-electron chi connectivity index (χ0n) is 9.75. The van der Waals surface area contributed by atoms with Gasteiger partial charge < -0.3 is 9.64 Å². The SMILES string of the molecule is CC(Cl)C(=O)NC(=O)N1CCOC(C)(C)C1. The van der Waals surface area contributed by atoms with Crippen LogP contribution in [0.2, 0.25) is 0 Å². The van der Waals surface area contributed by atoms with Gasteiger partial charge in [0.1, 0.15) is 5.38 Å². The maximum Gasteiger partial charge on any atom is 0.324 e. The summed E-state index contributed by atoms with van der Waals surface area (Å²) in [6, 6.07) is -0.408. The number of urea groups is 1. The lowest BCUT2D eigenvalue weighted by molar-refractivity contribution is -0.120. The number of amides is 3. The summed E-state index contributed by atoms with van der Waals surface area (Å²) in [5, 5.41) is 1.54. The summed E-state index contributed by atoms with van der Waals surface area (Å²) in [6.45, 7) is 6.75. The smallest absolute Gasteiger partial charge is 0.324 e. The molecule has 1 aliphatic heterocycles. The average molecular weight is 249 g/mol. The minimum Gasteiger partial charge on any atom is -0.372 e. The van der Waals surface area contributed by atoms with E-state index in [1.165, 1.54) is 6.92 Å². The third-order valence-electron chi connectivity index (χ3n) is 2.30. The second kappa shape index (κ2) is 5.01. The van der Waals surface area contributed by atoms with E-state index >= 15 is 0 Å². The van der Waals surface area contributed by atoms with Crippen molar-refractivity contribution in [3.05, 3.63) is 0 Å². The third kappa shape index (κ3) is 3.64. The van der Waals surface area contributed by atoms with Crippen LogP contribution in [0.3, 0.4) is 0 Å². The van der Waals surface area contributed by atoms with Gasteiger partial charge in [0.2, 0.25) is 5.91 Å². The van der Waals surface area contributed by atoms with Crippen LogP contribution in [-0.4, -0.2) is 47.5 Å². The fourth-order valence-corrected chi connectivity index (χ4v) is 1.53. The van der Waals surface area contributed by atoms with Gasteiger partial charge in [-0.25, -0.2) is 4.79 Å². The molecule has 1 saturated heterocycles. The van der Waals surface area contributed by atoms with Crippen LogP contribution >= 0.6 is 11.6 Å². The fraction of sp³-hybridized carbons (Fsp3) is 0.800. The summed E-state index contributed by atoms with van der Waals surface area (Å²) < 4.78 is 5.47. The molecule has 0 saturated carbocycles. The lowest BCUT2D eigenvalue weighted by Crippen LogP contribution is -2.55. The van der Waals surface area contributed by atoms with E-state index in [0.29, 0.717) is 19.7 Å². The van der Waals surface area contributed by atoms with Crippen LogP contribution in [0, 0.1) is 0 Å². The zero-order valence-corrected chi connectivity index (χ0v) is 10.5. The van der Waals surface area contributed by atoms with E-state index in [2.05, 4.69) is 5.32 Å². The lowest BCUT2D eigenvalue weighted by atomic mass is 10.1. The van der Waals surface area contributed by atoms with Crippen molar-refractivity contribution in [1.82, 2.24) is 10.2 Å². The summed E-state index contributed by atoms with van der Waals surface area (Å²) >= 11 is 5.56. The Kier molecular flexibility index (Phi) is 4.15. The molecule has 5 nitrogen and oxygen atoms in total. The van der Waals surface area contributed by atoms with Crippen LogP contribution in [-0.2, 0) is 9.53 Å². The number of alkyl halides is 1. The molecule has 0 aliphatic carbocycles. The zero-order chi connectivity index (χ0) is 12.3. The van der Waals surface area contributed by atoms with Crippen molar-refractivity contribution in [2.45, 2.75) is 31.7 Å². The first-order chi connectivity index (χ1) is 7.32. The van der Waals surface area contributed by atoms with Crippen LogP contribution in [0.15, 0.2) is 0 Å². The summed E-state index contributed by atoms with van der Waals surface area (Å²) in [5.74, 6) is -0.476. The molecule has 1 rings (SSSR count). The maximum atomic E-state index is 11.7. The van der Waals surface area contributed by atoms with Crippen LogP contribution < -0.4 is 5.32 Å². The molecule has 0 aromatic rings. The molecule has 1 heterocycles. The molecule has 0 bridgehead atoms. The Morgan fingerprint density at radius 3 is 2.62 bits per heavy atom. The largest absolute Gasteiger partial charge is 0.372 e. The Bertz CT molecular complexity index is 292. The minimum atomic E-state index is -0.710. The number of carbonyl (C=O) groups is 2. The van der Waals surface area contributed by atoms with Crippen molar-refractivity contribution < 1.29 is 14.3 Å². The number of carbonyl (C=O) groups excluding carboxylic acids is 2. The van der Waals surface area contributed by atoms with E-state index in [0.717, 1.165) is 0 Å². The highest BCUT2D eigenvalue weighted by Gasteiger charge is 2.30. The van der Waals surface area contributed by atoms with Gasteiger partial charge in [0, 0.05) is 6.54 Å². The number of nitrogens with one attached hydrogen (secondary N) is 1. The van der Waals surface area contributed by atoms with E-state index in [4.69, 9.17) is 16.3 Å². The van der Waals surface area contributed by atoms with Gasteiger partial charge in [-0.15, -0.1) is 11.6 Å². The Morgan fingerprint density at radius 2 is 2.12 bits per heavy atom. The van der Waals surface area contributed by atoms with Crippen molar-refractivity contribution in [2.75, 3.05) is 19.7 Å². The quantitative estimate of drug-likeness (QED) is 0.704. The summed E-state index contributed by atoms with van der Waals surface area (Å²) in [6.07, 6.45) is 0. The van der Waals surface area contributed by atoms with Crippen LogP contribution in [0.4, 0.5) is 4.79 Å². The predicted octanol–water partition coefficient (Wildman–Crippen LogP) is 0.961. The Morgan fingerprint density at radius 1 is 1.50 bits per heavy atom. The van der Waals surface area contributed by atoms with E-state index in [-0.39, 0.29) is 5.60 Å². The average Bonchev–Trinajstić information content (AvgIpc) is 2.15. The summed E-state index contributed by atoms with van der Waals surface area (Å²) in [7, 11) is 0. The van der Waals surface area contributed by atoms with Crippen molar-refractivity contribution >= 4 is 23.5 Å². The van der Waals surface area contributed by atoms with Crippen molar-refractivity contribution in [2.24, 2.45) is 0 Å². The highest BCUT2D eigenvalue weighted by Crippen LogP contribution is 2.16. The molecular formula is C10H17ClN2O3. The molecule has 0 aromatic carbocycles. The Labute approximate surface area is 100 Å². The van der Waals surface area contributed by atoms with Gasteiger partial charge in [-0.05, 0) is 20.8 Å². The first-order valence-electron chi connectivity index (χ1n) is 5.19. The van der Waals surface area contributed by atoms with Gasteiger partial charge in [-0.3, -0.25) is 10.1 Å². The summed E-state index contributed by atoms with van der Waals surface area (Å²) in [5.41, 5.74) is -0.370. The number of hydrogen-bond donors (Lipinski definition) is 1. The molecule has 92 valence electrons. The molecule has 6 heteroatoms. The number of nitrogens with zero attached hydrogens (tertiary/aromatic N) is 1. The van der Waals surface area contributed by atoms with E-state index < -0.39 is 17.3 Å². The third-order valence-corrected chi connectivity index (χ3v) is 2.50. The normalized spacial score (nSPS) is 21.4. The fourth-order valence-electron chi connectivity index (χ4n) is 1.47. The van der Waals surface area contributed by atoms with Crippen LogP contribution in [0.5, 0.6) is 0 Å². The Hall–Kier alpha value is -0.810. The van der Waals surface area contributed by atoms with E-state index in [1.54, 1.807) is 4.90 Å². The molecule has 16 heavy (non-hydrogen) atoms. The monoisotopic (exact) mass is 248 g/mol. The van der Waals surface area contributed by atoms with E-state index in [9.17, 15) is 9.59 Å². The van der Waals surface area contributed by atoms with Crippen LogP contribution in [0.25, 0.3) is 0 Å². The van der Waals surface area contributed by atoms with E-state index in [1.807, 2.05) is 13.8 Å². The number of halogens is 1. The lowest BCUT2D eigenvalue weighted by Gasteiger charge is -2.37. The number of morpholine rings is 1.